The van der Waals surface area contributed by atoms with Crippen molar-refractivity contribution >= 4 is 10.0 Å². The van der Waals surface area contributed by atoms with E-state index in [-0.39, 0.29) is 0 Å². The summed E-state index contributed by atoms with van der Waals surface area (Å²) in [6.07, 6.45) is -7.86. The van der Waals surface area contributed by atoms with Crippen LogP contribution in [0.1, 0.15) is 13.8 Å². The second-order valence-electron chi connectivity index (χ2n) is 6.24. The minimum absolute atomic E-state index is 0.462. The van der Waals surface area contributed by atoms with Crippen LogP contribution in [0.5, 0.6) is 0 Å². The highest BCUT2D eigenvalue weighted by Crippen LogP contribution is 2.64. The third-order valence-electron chi connectivity index (χ3n) is 3.42. The van der Waals surface area contributed by atoms with Gasteiger partial charge in [0.25, 0.3) is 10.0 Å². The van der Waals surface area contributed by atoms with Gasteiger partial charge >= 0.3 is 47.0 Å². The van der Waals surface area contributed by atoms with E-state index in [0.717, 1.165) is 0 Å². The standard InChI is InChI=1S/C11H8F17NO2S/c1-3(2)29-32(30,31)11(27,28)9(22,23)7(18,19)5(14,15)4(12,13)6(16,17)8(20,21)10(24,25)26/h3,29H,1-2H3. The maximum Gasteiger partial charge on any atom is 0.460 e. The third-order valence-corrected chi connectivity index (χ3v) is 5.13. The number of rotatable bonds is 9. The molecule has 32 heavy (non-hydrogen) atoms. The number of halogens is 17. The van der Waals surface area contributed by atoms with Gasteiger partial charge in [-0.05, 0) is 13.8 Å². The number of alkyl halides is 17. The number of sulfonamides is 1. The molecule has 3 nitrogen and oxygen atoms in total. The van der Waals surface area contributed by atoms with Crippen LogP contribution in [-0.2, 0) is 10.0 Å². The molecule has 0 aromatic rings. The average molecular weight is 541 g/mol. The lowest BCUT2D eigenvalue weighted by atomic mass is 9.91. The lowest BCUT2D eigenvalue weighted by Gasteiger charge is -2.42. The molecule has 1 N–H and O–H groups in total. The Morgan fingerprint density at radius 1 is 0.500 bits per heavy atom. The van der Waals surface area contributed by atoms with Crippen molar-refractivity contribution in [3.8, 4) is 0 Å². The largest absolute Gasteiger partial charge is 0.460 e. The van der Waals surface area contributed by atoms with Crippen molar-refractivity contribution in [1.29, 1.82) is 0 Å². The Bertz CT molecular complexity index is 798. The summed E-state index contributed by atoms with van der Waals surface area (Å²) in [7, 11) is -7.20. The maximum absolute atomic E-state index is 13.5. The molecule has 0 saturated heterocycles. The van der Waals surface area contributed by atoms with Gasteiger partial charge in [0.2, 0.25) is 0 Å². The molecule has 0 rings (SSSR count). The van der Waals surface area contributed by atoms with Gasteiger partial charge in [-0.15, -0.1) is 0 Å². The van der Waals surface area contributed by atoms with Crippen molar-refractivity contribution in [1.82, 2.24) is 4.72 Å². The Hall–Kier alpha value is -1.28. The van der Waals surface area contributed by atoms with Crippen LogP contribution >= 0.6 is 0 Å². The average Bonchev–Trinajstić information content (AvgIpc) is 2.51. The molecule has 0 radical (unpaired) electrons. The molecule has 0 spiro atoms. The van der Waals surface area contributed by atoms with Crippen LogP contribution in [-0.4, -0.2) is 61.4 Å². The Balaban J connectivity index is 6.92. The third kappa shape index (κ3) is 3.85. The first-order valence-corrected chi connectivity index (χ1v) is 8.63. The lowest BCUT2D eigenvalue weighted by molar-refractivity contribution is -0.458. The molecule has 0 unspecified atom stereocenters. The summed E-state index contributed by atoms with van der Waals surface area (Å²) in [5, 5.41) is -7.52. The van der Waals surface area contributed by atoms with Gasteiger partial charge in [-0.1, -0.05) is 0 Å². The topological polar surface area (TPSA) is 46.2 Å². The molecule has 21 heteroatoms. The van der Waals surface area contributed by atoms with E-state index in [9.17, 15) is 83.1 Å². The van der Waals surface area contributed by atoms with Gasteiger partial charge in [0.05, 0.1) is 0 Å². The first-order chi connectivity index (χ1) is 13.4. The molecule has 0 atom stereocenters. The van der Waals surface area contributed by atoms with Crippen LogP contribution < -0.4 is 4.72 Å². The maximum atomic E-state index is 13.5. The second-order valence-corrected chi connectivity index (χ2v) is 7.99. The van der Waals surface area contributed by atoms with Gasteiger partial charge < -0.3 is 0 Å². The molecule has 0 aliphatic carbocycles. The van der Waals surface area contributed by atoms with Crippen molar-refractivity contribution in [2.24, 2.45) is 0 Å². The highest BCUT2D eigenvalue weighted by atomic mass is 32.2. The molecule has 0 fully saturated rings. The quantitative estimate of drug-likeness (QED) is 0.404. The normalized spacial score (nSPS) is 16.6. The van der Waals surface area contributed by atoms with Gasteiger partial charge in [-0.2, -0.15) is 74.6 Å². The fourth-order valence-electron chi connectivity index (χ4n) is 1.70. The molecule has 0 aliphatic rings. The van der Waals surface area contributed by atoms with Crippen LogP contribution in [0.15, 0.2) is 0 Å². The Morgan fingerprint density at radius 3 is 1.00 bits per heavy atom. The van der Waals surface area contributed by atoms with Gasteiger partial charge in [-0.3, -0.25) is 0 Å². The van der Waals surface area contributed by atoms with Gasteiger partial charge in [0.15, 0.2) is 0 Å². The van der Waals surface area contributed by atoms with E-state index in [2.05, 4.69) is 0 Å². The number of hydrogen-bond acceptors (Lipinski definition) is 2. The van der Waals surface area contributed by atoms with E-state index in [1.165, 1.54) is 0 Å². The molecule has 0 aliphatic heterocycles. The van der Waals surface area contributed by atoms with Crippen molar-refractivity contribution in [2.45, 2.75) is 66.9 Å². The summed E-state index contributed by atoms with van der Waals surface area (Å²) in [4.78, 5) is 0. The van der Waals surface area contributed by atoms with Crippen LogP contribution in [0.4, 0.5) is 74.6 Å². The molecule has 0 heterocycles. The Morgan fingerprint density at radius 2 is 0.750 bits per heavy atom. The monoisotopic (exact) mass is 541 g/mol. The SMILES string of the molecule is CC(C)NS(=O)(=O)C(F)(F)C(F)(F)C(F)(F)C(F)(F)C(F)(F)C(F)(F)C(F)(F)C(F)(F)F. The lowest BCUT2D eigenvalue weighted by Crippen LogP contribution is -2.75. The molecule has 0 aromatic heterocycles. The fraction of sp³-hybridized carbons (Fsp3) is 1.00. The number of hydrogen-bond donors (Lipinski definition) is 1. The molecular weight excluding hydrogens is 533 g/mol. The van der Waals surface area contributed by atoms with E-state index in [1.807, 2.05) is 0 Å². The first kappa shape index (κ1) is 30.7. The fourth-order valence-corrected chi connectivity index (χ4v) is 2.94. The smallest absolute Gasteiger partial charge is 0.207 e. The summed E-state index contributed by atoms with van der Waals surface area (Å²) in [6, 6.07) is -1.87. The summed E-state index contributed by atoms with van der Waals surface area (Å²) in [5.41, 5.74) is 0. The van der Waals surface area contributed by atoms with Gasteiger partial charge in [-0.25, -0.2) is 13.1 Å². The molecule has 0 bridgehead atoms. The second kappa shape index (κ2) is 7.62. The van der Waals surface area contributed by atoms with Crippen molar-refractivity contribution in [3.05, 3.63) is 0 Å². The highest BCUT2D eigenvalue weighted by molar-refractivity contribution is 7.90. The minimum Gasteiger partial charge on any atom is -0.207 e. The van der Waals surface area contributed by atoms with Crippen LogP contribution in [0, 0.1) is 0 Å². The predicted octanol–water partition coefficient (Wildman–Crippen LogP) is 5.28. The summed E-state index contributed by atoms with van der Waals surface area (Å²) < 4.78 is 244. The number of nitrogens with one attached hydrogen (secondary N) is 1. The molecular formula is C11H8F17NO2S. The van der Waals surface area contributed by atoms with E-state index in [1.54, 1.807) is 0 Å². The van der Waals surface area contributed by atoms with Crippen LogP contribution in [0.25, 0.3) is 0 Å². The van der Waals surface area contributed by atoms with Crippen molar-refractivity contribution in [2.75, 3.05) is 0 Å². The van der Waals surface area contributed by atoms with Gasteiger partial charge in [0.1, 0.15) is 0 Å². The van der Waals surface area contributed by atoms with E-state index in [4.69, 9.17) is 0 Å². The van der Waals surface area contributed by atoms with Crippen molar-refractivity contribution < 1.29 is 83.1 Å². The Labute approximate surface area is 166 Å². The van der Waals surface area contributed by atoms with Crippen molar-refractivity contribution in [3.63, 3.8) is 0 Å². The molecule has 194 valence electrons. The molecule has 0 amide bonds. The zero-order valence-corrected chi connectivity index (χ0v) is 15.5. The molecule has 0 saturated carbocycles. The summed E-state index contributed by atoms with van der Waals surface area (Å²) >= 11 is 0. The molecule has 0 aromatic carbocycles. The predicted molar refractivity (Wildman–Crippen MR) is 67.9 cm³/mol. The van der Waals surface area contributed by atoms with Gasteiger partial charge in [0, 0.05) is 6.04 Å². The summed E-state index contributed by atoms with van der Waals surface area (Å²) in [6.45, 7) is 1.12. The van der Waals surface area contributed by atoms with E-state index >= 15 is 0 Å². The zero-order valence-electron chi connectivity index (χ0n) is 14.7. The van der Waals surface area contributed by atoms with Crippen LogP contribution in [0.2, 0.25) is 0 Å². The zero-order chi connectivity index (χ0) is 26.8. The summed E-state index contributed by atoms with van der Waals surface area (Å²) in [5.74, 6) is -51.5. The van der Waals surface area contributed by atoms with Crippen LogP contribution in [0.3, 0.4) is 0 Å². The first-order valence-electron chi connectivity index (χ1n) is 7.15. The minimum atomic E-state index is -8.82. The van der Waals surface area contributed by atoms with E-state index in [0.29, 0.717) is 18.6 Å². The Kier molecular flexibility index (Phi) is 7.32. The van der Waals surface area contributed by atoms with E-state index < -0.39 is 63.0 Å². The highest BCUT2D eigenvalue weighted by Gasteiger charge is 2.96.